The lowest BCUT2D eigenvalue weighted by atomic mass is 10.0. The Labute approximate surface area is 185 Å². The Morgan fingerprint density at radius 1 is 1.23 bits per heavy atom. The van der Waals surface area contributed by atoms with Gasteiger partial charge in [0.25, 0.3) is 5.91 Å². The van der Waals surface area contributed by atoms with Gasteiger partial charge in [-0.1, -0.05) is 17.7 Å². The Morgan fingerprint density at radius 3 is 2.71 bits per heavy atom. The predicted molar refractivity (Wildman–Crippen MR) is 116 cm³/mol. The van der Waals surface area contributed by atoms with Crippen LogP contribution in [-0.4, -0.2) is 55.8 Å². The Bertz CT molecular complexity index is 1170. The SMILES string of the molecule is Cc1cc(Cl)c2c(c1O)/C(=N\NC(=O)c1cccc(S(=O)(=O)N3CCOCC3)c1)CC2. The third-order valence-corrected chi connectivity index (χ3v) is 7.67. The Hall–Kier alpha value is -2.46. The number of nitrogens with one attached hydrogen (secondary N) is 1. The van der Waals surface area contributed by atoms with Crippen molar-refractivity contribution in [2.45, 2.75) is 24.7 Å². The number of hydrazone groups is 1. The number of hydrogen-bond donors (Lipinski definition) is 2. The fourth-order valence-corrected chi connectivity index (χ4v) is 5.56. The number of nitrogens with zero attached hydrogens (tertiary/aromatic N) is 2. The third-order valence-electron chi connectivity index (χ3n) is 5.44. The van der Waals surface area contributed by atoms with Crippen LogP contribution in [0.5, 0.6) is 5.75 Å². The molecular formula is C21H22ClN3O5S. The third kappa shape index (κ3) is 4.18. The second kappa shape index (κ2) is 8.58. The van der Waals surface area contributed by atoms with Crippen LogP contribution in [0.2, 0.25) is 5.02 Å². The number of rotatable bonds is 4. The summed E-state index contributed by atoms with van der Waals surface area (Å²) in [7, 11) is -3.71. The van der Waals surface area contributed by atoms with Crippen LogP contribution in [0.4, 0.5) is 0 Å². The number of fused-ring (bicyclic) bond motifs is 1. The van der Waals surface area contributed by atoms with Crippen molar-refractivity contribution in [2.75, 3.05) is 26.3 Å². The van der Waals surface area contributed by atoms with Gasteiger partial charge in [-0.05, 0) is 55.2 Å². The summed E-state index contributed by atoms with van der Waals surface area (Å²) in [5, 5.41) is 15.2. The van der Waals surface area contributed by atoms with Crippen LogP contribution in [0.1, 0.15) is 33.5 Å². The molecule has 1 fully saturated rings. The van der Waals surface area contributed by atoms with Gasteiger partial charge in [0.2, 0.25) is 10.0 Å². The number of sulfonamides is 1. The molecule has 4 rings (SSSR count). The number of benzene rings is 2. The van der Waals surface area contributed by atoms with E-state index in [-0.39, 0.29) is 29.3 Å². The first-order valence-corrected chi connectivity index (χ1v) is 11.7. The largest absolute Gasteiger partial charge is 0.507 e. The van der Waals surface area contributed by atoms with E-state index in [1.165, 1.54) is 28.6 Å². The number of aromatic hydroxyl groups is 1. The maximum atomic E-state index is 12.8. The van der Waals surface area contributed by atoms with Gasteiger partial charge in [-0.2, -0.15) is 9.41 Å². The fraction of sp³-hybridized carbons (Fsp3) is 0.333. The first-order valence-electron chi connectivity index (χ1n) is 9.85. The Balaban J connectivity index is 1.56. The number of carbonyl (C=O) groups is 1. The molecule has 0 bridgehead atoms. The number of halogens is 1. The molecular weight excluding hydrogens is 442 g/mol. The predicted octanol–water partition coefficient (Wildman–Crippen LogP) is 2.46. The quantitative estimate of drug-likeness (QED) is 0.677. The van der Waals surface area contributed by atoms with Crippen molar-refractivity contribution in [3.05, 3.63) is 57.6 Å². The Morgan fingerprint density at radius 2 is 1.97 bits per heavy atom. The van der Waals surface area contributed by atoms with E-state index >= 15 is 0 Å². The van der Waals surface area contributed by atoms with Gasteiger partial charge < -0.3 is 9.84 Å². The molecule has 164 valence electrons. The van der Waals surface area contributed by atoms with E-state index in [1.807, 2.05) is 0 Å². The average Bonchev–Trinajstić information content (AvgIpc) is 3.21. The van der Waals surface area contributed by atoms with Gasteiger partial charge >= 0.3 is 0 Å². The normalized spacial score (nSPS) is 18.2. The van der Waals surface area contributed by atoms with E-state index in [1.54, 1.807) is 13.0 Å². The summed E-state index contributed by atoms with van der Waals surface area (Å²) in [6.07, 6.45) is 1.14. The number of ether oxygens (including phenoxy) is 1. The molecule has 0 saturated carbocycles. The maximum Gasteiger partial charge on any atom is 0.271 e. The first kappa shape index (κ1) is 21.8. The monoisotopic (exact) mass is 463 g/mol. The summed E-state index contributed by atoms with van der Waals surface area (Å²) in [5.74, 6) is -0.443. The molecule has 2 aliphatic rings. The van der Waals surface area contributed by atoms with E-state index in [2.05, 4.69) is 10.5 Å². The van der Waals surface area contributed by atoms with Crippen molar-refractivity contribution in [2.24, 2.45) is 5.10 Å². The van der Waals surface area contributed by atoms with Crippen LogP contribution in [-0.2, 0) is 21.2 Å². The molecule has 1 aliphatic carbocycles. The zero-order valence-electron chi connectivity index (χ0n) is 16.9. The van der Waals surface area contributed by atoms with E-state index in [4.69, 9.17) is 16.3 Å². The molecule has 1 amide bonds. The highest BCUT2D eigenvalue weighted by Gasteiger charge is 2.28. The lowest BCUT2D eigenvalue weighted by molar-refractivity contribution is 0.0730. The number of phenols is 1. The molecule has 1 saturated heterocycles. The van der Waals surface area contributed by atoms with Crippen LogP contribution >= 0.6 is 11.6 Å². The van der Waals surface area contributed by atoms with Crippen molar-refractivity contribution >= 4 is 33.2 Å². The standard InChI is InChI=1S/C21H22ClN3O5S/c1-13-11-17(22)16-5-6-18(19(16)20(13)26)23-24-21(27)14-3-2-4-15(12-14)31(28,29)25-7-9-30-10-8-25/h2-4,11-12,26H,5-10H2,1H3,(H,24,27)/b23-18-. The smallest absolute Gasteiger partial charge is 0.271 e. The molecule has 0 aromatic heterocycles. The van der Waals surface area contributed by atoms with Crippen LogP contribution < -0.4 is 5.43 Å². The number of carbonyl (C=O) groups excluding carboxylic acids is 1. The molecule has 1 heterocycles. The van der Waals surface area contributed by atoms with E-state index in [0.29, 0.717) is 47.9 Å². The Kier molecular flexibility index (Phi) is 6.02. The molecule has 0 atom stereocenters. The lowest BCUT2D eigenvalue weighted by Crippen LogP contribution is -2.40. The van der Waals surface area contributed by atoms with Gasteiger partial charge in [-0.15, -0.1) is 0 Å². The van der Waals surface area contributed by atoms with Gasteiger partial charge in [-0.25, -0.2) is 13.8 Å². The first-order chi connectivity index (χ1) is 14.8. The van der Waals surface area contributed by atoms with Crippen LogP contribution in [0, 0.1) is 6.92 Å². The number of aryl methyl sites for hydroxylation is 1. The molecule has 8 nitrogen and oxygen atoms in total. The number of amides is 1. The maximum absolute atomic E-state index is 12.8. The topological polar surface area (TPSA) is 108 Å². The van der Waals surface area contributed by atoms with Gasteiger partial charge in [-0.3, -0.25) is 4.79 Å². The molecule has 1 aliphatic heterocycles. The molecule has 2 aromatic rings. The number of hydrogen-bond acceptors (Lipinski definition) is 6. The minimum Gasteiger partial charge on any atom is -0.507 e. The van der Waals surface area contributed by atoms with Crippen molar-refractivity contribution in [1.82, 2.24) is 9.73 Å². The second-order valence-electron chi connectivity index (χ2n) is 7.42. The van der Waals surface area contributed by atoms with Crippen molar-refractivity contribution < 1.29 is 23.1 Å². The summed E-state index contributed by atoms with van der Waals surface area (Å²) >= 11 is 6.27. The summed E-state index contributed by atoms with van der Waals surface area (Å²) in [4.78, 5) is 12.7. The summed E-state index contributed by atoms with van der Waals surface area (Å²) in [6, 6.07) is 7.55. The van der Waals surface area contributed by atoms with E-state index in [9.17, 15) is 18.3 Å². The van der Waals surface area contributed by atoms with E-state index in [0.717, 1.165) is 5.56 Å². The molecule has 0 spiro atoms. The fourth-order valence-electron chi connectivity index (χ4n) is 3.76. The van der Waals surface area contributed by atoms with Crippen molar-refractivity contribution in [3.8, 4) is 5.75 Å². The van der Waals surface area contributed by atoms with Gasteiger partial charge in [0.05, 0.1) is 23.8 Å². The summed E-state index contributed by atoms with van der Waals surface area (Å²) in [6.45, 7) is 2.98. The molecule has 0 radical (unpaired) electrons. The highest BCUT2D eigenvalue weighted by atomic mass is 35.5. The molecule has 10 heteroatoms. The molecule has 0 unspecified atom stereocenters. The summed E-state index contributed by atoms with van der Waals surface area (Å²) in [5.41, 5.74) is 5.16. The zero-order valence-corrected chi connectivity index (χ0v) is 18.5. The van der Waals surface area contributed by atoms with Gasteiger partial charge in [0.15, 0.2) is 0 Å². The number of phenolic OH excluding ortho intramolecular Hbond substituents is 1. The van der Waals surface area contributed by atoms with Crippen LogP contribution in [0.25, 0.3) is 0 Å². The van der Waals surface area contributed by atoms with Crippen molar-refractivity contribution in [3.63, 3.8) is 0 Å². The van der Waals surface area contributed by atoms with E-state index < -0.39 is 15.9 Å². The molecule has 2 aromatic carbocycles. The minimum absolute atomic E-state index is 0.0426. The molecule has 31 heavy (non-hydrogen) atoms. The van der Waals surface area contributed by atoms with Gasteiger partial charge in [0, 0.05) is 29.2 Å². The van der Waals surface area contributed by atoms with Gasteiger partial charge in [0.1, 0.15) is 5.75 Å². The minimum atomic E-state index is -3.71. The number of morpholine rings is 1. The van der Waals surface area contributed by atoms with Crippen molar-refractivity contribution in [1.29, 1.82) is 0 Å². The highest BCUT2D eigenvalue weighted by Crippen LogP contribution is 2.37. The molecule has 2 N–H and O–H groups in total. The lowest BCUT2D eigenvalue weighted by Gasteiger charge is -2.26. The second-order valence-corrected chi connectivity index (χ2v) is 9.77. The summed E-state index contributed by atoms with van der Waals surface area (Å²) < 4.78 is 32.2. The average molecular weight is 464 g/mol. The zero-order chi connectivity index (χ0) is 22.2. The van der Waals surface area contributed by atoms with Crippen LogP contribution in [0.15, 0.2) is 40.3 Å². The highest BCUT2D eigenvalue weighted by molar-refractivity contribution is 7.89. The van der Waals surface area contributed by atoms with Crippen LogP contribution in [0.3, 0.4) is 0 Å².